The molecule has 1 unspecified atom stereocenters. The normalized spacial score (nSPS) is 14.1. The van der Waals surface area contributed by atoms with E-state index in [1.165, 1.54) is 19.5 Å². The monoisotopic (exact) mass is 376 g/mol. The van der Waals surface area contributed by atoms with E-state index in [1.807, 2.05) is 30.3 Å². The molecule has 7 heteroatoms. The third kappa shape index (κ3) is 11.7. The summed E-state index contributed by atoms with van der Waals surface area (Å²) >= 11 is 0. The molecule has 5 nitrogen and oxygen atoms in total. The zero-order valence-electron chi connectivity index (χ0n) is 15.2. The fourth-order valence-corrected chi connectivity index (χ4v) is 2.31. The Morgan fingerprint density at radius 1 is 1.21 bits per heavy atom. The van der Waals surface area contributed by atoms with Gasteiger partial charge < -0.3 is 24.3 Å². The molecule has 3 N–H and O–H groups in total. The molecular formula is C17H33ClN2O3Si. The van der Waals surface area contributed by atoms with Crippen LogP contribution in [0.5, 0.6) is 0 Å². The number of halogens is 1. The standard InChI is InChI=1S/C9H11N.C5H11N.C3H10O3Si.ClH/c1-2-9(10)8-6-4-3-5-7-8;1-2-5-3-6-4-5;1-4-7(5-2)6-3;/h2-7,9H,1,10H2;5-6H,2-4H2,1H3;7H,1-3H3;1H. The molecule has 1 aliphatic rings. The lowest BCUT2D eigenvalue weighted by Gasteiger charge is -2.25. The molecule has 0 bridgehead atoms. The smallest absolute Gasteiger partial charge is 0.379 e. The molecule has 0 aliphatic carbocycles. The molecule has 0 radical (unpaired) electrons. The fourth-order valence-electron chi connectivity index (χ4n) is 1.74. The maximum Gasteiger partial charge on any atom is 0.483 e. The van der Waals surface area contributed by atoms with E-state index in [2.05, 4.69) is 18.8 Å². The van der Waals surface area contributed by atoms with Crippen LogP contribution in [-0.4, -0.2) is 43.9 Å². The minimum atomic E-state index is -1.67. The van der Waals surface area contributed by atoms with E-state index >= 15 is 0 Å². The lowest BCUT2D eigenvalue weighted by atomic mass is 10.0. The second kappa shape index (κ2) is 17.1. The average Bonchev–Trinajstić information content (AvgIpc) is 2.57. The number of benzene rings is 1. The van der Waals surface area contributed by atoms with Crippen LogP contribution in [0.3, 0.4) is 0 Å². The summed E-state index contributed by atoms with van der Waals surface area (Å²) in [5, 5.41) is 3.21. The SMILES string of the molecule is C=CC(N)c1ccccc1.CCC1CNC1.CO[SiH](OC)OC.Cl. The first-order valence-corrected chi connectivity index (χ1v) is 9.26. The summed E-state index contributed by atoms with van der Waals surface area (Å²) in [5.74, 6) is 1.00. The number of rotatable bonds is 6. The minimum absolute atomic E-state index is 0. The lowest BCUT2D eigenvalue weighted by molar-refractivity contribution is 0.163. The molecule has 1 aromatic rings. The van der Waals surface area contributed by atoms with E-state index in [1.54, 1.807) is 27.4 Å². The molecule has 1 fully saturated rings. The quantitative estimate of drug-likeness (QED) is 0.590. The maximum atomic E-state index is 5.68. The van der Waals surface area contributed by atoms with Crippen molar-refractivity contribution in [2.24, 2.45) is 11.7 Å². The van der Waals surface area contributed by atoms with Gasteiger partial charge in [0.1, 0.15) is 0 Å². The van der Waals surface area contributed by atoms with E-state index < -0.39 is 9.53 Å². The molecule has 140 valence electrons. The van der Waals surface area contributed by atoms with E-state index in [-0.39, 0.29) is 18.4 Å². The molecule has 1 atom stereocenters. The van der Waals surface area contributed by atoms with Crippen LogP contribution in [0.15, 0.2) is 43.0 Å². The van der Waals surface area contributed by atoms with Gasteiger partial charge in [-0.05, 0) is 24.6 Å². The van der Waals surface area contributed by atoms with Gasteiger partial charge in [-0.15, -0.1) is 19.0 Å². The molecule has 0 aromatic heterocycles. The summed E-state index contributed by atoms with van der Waals surface area (Å²) in [6, 6.07) is 9.87. The Bertz CT molecular complexity index is 382. The van der Waals surface area contributed by atoms with Crippen LogP contribution in [0.1, 0.15) is 24.9 Å². The first-order valence-electron chi connectivity index (χ1n) is 7.85. The van der Waals surface area contributed by atoms with Gasteiger partial charge in [0.05, 0.1) is 0 Å². The summed E-state index contributed by atoms with van der Waals surface area (Å²) in [6.45, 7) is 8.37. The molecule has 1 aromatic carbocycles. The summed E-state index contributed by atoms with van der Waals surface area (Å²) in [6.07, 6.45) is 3.09. The van der Waals surface area contributed by atoms with Gasteiger partial charge in [0, 0.05) is 27.4 Å². The van der Waals surface area contributed by atoms with Crippen LogP contribution in [0.4, 0.5) is 0 Å². The predicted octanol–water partition coefficient (Wildman–Crippen LogP) is 2.55. The third-order valence-corrected chi connectivity index (χ3v) is 4.61. The molecule has 0 amide bonds. The van der Waals surface area contributed by atoms with Gasteiger partial charge >= 0.3 is 9.53 Å². The highest BCUT2D eigenvalue weighted by molar-refractivity contribution is 6.36. The maximum absolute atomic E-state index is 5.68. The van der Waals surface area contributed by atoms with E-state index in [4.69, 9.17) is 19.0 Å². The van der Waals surface area contributed by atoms with Crippen LogP contribution in [-0.2, 0) is 13.3 Å². The van der Waals surface area contributed by atoms with Crippen molar-refractivity contribution >= 4 is 21.9 Å². The summed E-state index contributed by atoms with van der Waals surface area (Å²) in [4.78, 5) is 0. The first-order chi connectivity index (χ1) is 11.1. The van der Waals surface area contributed by atoms with Crippen molar-refractivity contribution in [1.82, 2.24) is 5.32 Å². The highest BCUT2D eigenvalue weighted by Crippen LogP contribution is 2.08. The van der Waals surface area contributed by atoms with Crippen molar-refractivity contribution in [1.29, 1.82) is 0 Å². The van der Waals surface area contributed by atoms with Gasteiger partial charge in [-0.25, -0.2) is 0 Å². The Hall–Kier alpha value is -0.733. The molecule has 0 spiro atoms. The van der Waals surface area contributed by atoms with Crippen molar-refractivity contribution < 1.29 is 13.3 Å². The molecule has 0 saturated carbocycles. The molecule has 1 aliphatic heterocycles. The van der Waals surface area contributed by atoms with Gasteiger partial charge in [-0.2, -0.15) is 0 Å². The van der Waals surface area contributed by atoms with Crippen LogP contribution < -0.4 is 11.1 Å². The van der Waals surface area contributed by atoms with Crippen LogP contribution in [0.25, 0.3) is 0 Å². The number of hydrogen-bond acceptors (Lipinski definition) is 5. The highest BCUT2D eigenvalue weighted by atomic mass is 35.5. The lowest BCUT2D eigenvalue weighted by Crippen LogP contribution is -2.41. The molecule has 24 heavy (non-hydrogen) atoms. The zero-order chi connectivity index (χ0) is 17.5. The van der Waals surface area contributed by atoms with Crippen LogP contribution in [0.2, 0.25) is 0 Å². The third-order valence-electron chi connectivity index (χ3n) is 3.46. The van der Waals surface area contributed by atoms with Crippen molar-refractivity contribution in [2.75, 3.05) is 34.4 Å². The highest BCUT2D eigenvalue weighted by Gasteiger charge is 2.12. The summed E-state index contributed by atoms with van der Waals surface area (Å²) in [7, 11) is 3.05. The van der Waals surface area contributed by atoms with Crippen molar-refractivity contribution in [2.45, 2.75) is 19.4 Å². The Labute approximate surface area is 154 Å². The minimum Gasteiger partial charge on any atom is -0.379 e. The van der Waals surface area contributed by atoms with E-state index in [0.717, 1.165) is 11.5 Å². The van der Waals surface area contributed by atoms with Gasteiger partial charge in [0.15, 0.2) is 0 Å². The predicted molar refractivity (Wildman–Crippen MR) is 106 cm³/mol. The number of nitrogens with one attached hydrogen (secondary N) is 1. The second-order valence-electron chi connectivity index (χ2n) is 5.10. The Morgan fingerprint density at radius 3 is 1.92 bits per heavy atom. The van der Waals surface area contributed by atoms with Crippen molar-refractivity contribution in [3.8, 4) is 0 Å². The Balaban J connectivity index is 0. The molecule has 2 rings (SSSR count). The Morgan fingerprint density at radius 2 is 1.71 bits per heavy atom. The Kier molecular flexibility index (Phi) is 18.2. The fraction of sp³-hybridized carbons (Fsp3) is 0.529. The second-order valence-corrected chi connectivity index (χ2v) is 7.09. The van der Waals surface area contributed by atoms with Crippen molar-refractivity contribution in [3.63, 3.8) is 0 Å². The van der Waals surface area contributed by atoms with Gasteiger partial charge in [0.2, 0.25) is 0 Å². The van der Waals surface area contributed by atoms with Crippen molar-refractivity contribution in [3.05, 3.63) is 48.6 Å². The van der Waals surface area contributed by atoms with Gasteiger partial charge in [-0.1, -0.05) is 49.8 Å². The molecule has 1 saturated heterocycles. The van der Waals surface area contributed by atoms with Crippen LogP contribution in [0, 0.1) is 5.92 Å². The van der Waals surface area contributed by atoms with Crippen LogP contribution >= 0.6 is 12.4 Å². The average molecular weight is 377 g/mol. The summed E-state index contributed by atoms with van der Waals surface area (Å²) < 4.78 is 14.2. The number of hydrogen-bond donors (Lipinski definition) is 2. The molecular weight excluding hydrogens is 344 g/mol. The van der Waals surface area contributed by atoms with Gasteiger partial charge in [0.25, 0.3) is 0 Å². The van der Waals surface area contributed by atoms with E-state index in [9.17, 15) is 0 Å². The topological polar surface area (TPSA) is 65.7 Å². The summed E-state index contributed by atoms with van der Waals surface area (Å²) in [5.41, 5.74) is 6.79. The van der Waals surface area contributed by atoms with Gasteiger partial charge in [-0.3, -0.25) is 0 Å². The molecule has 1 heterocycles. The van der Waals surface area contributed by atoms with E-state index in [0.29, 0.717) is 0 Å². The largest absolute Gasteiger partial charge is 0.483 e. The number of nitrogens with two attached hydrogens (primary N) is 1. The first kappa shape index (κ1) is 25.5. The zero-order valence-corrected chi connectivity index (χ0v) is 17.2.